The Labute approximate surface area is 189 Å². The number of amides is 2. The summed E-state index contributed by atoms with van der Waals surface area (Å²) in [6.45, 7) is 0. The highest BCUT2D eigenvalue weighted by Gasteiger charge is 2.13. The quantitative estimate of drug-likeness (QED) is 0.419. The number of hydrogen-bond donors (Lipinski definition) is 2. The van der Waals surface area contributed by atoms with Crippen LogP contribution in [0.3, 0.4) is 0 Å². The van der Waals surface area contributed by atoms with E-state index in [0.717, 1.165) is 17.1 Å². The molecule has 4 rings (SSSR count). The molecule has 0 aliphatic rings. The van der Waals surface area contributed by atoms with Crippen molar-refractivity contribution in [2.45, 2.75) is 0 Å². The maximum absolute atomic E-state index is 12.5. The summed E-state index contributed by atoms with van der Waals surface area (Å²) < 4.78 is 12.4. The van der Waals surface area contributed by atoms with Crippen LogP contribution in [0.2, 0.25) is 5.02 Å². The van der Waals surface area contributed by atoms with Gasteiger partial charge in [0, 0.05) is 47.8 Å². The monoisotopic (exact) mass is 449 g/mol. The summed E-state index contributed by atoms with van der Waals surface area (Å²) in [7, 11) is 3.01. The van der Waals surface area contributed by atoms with E-state index >= 15 is 0 Å². The molecule has 0 saturated heterocycles. The fourth-order valence-corrected chi connectivity index (χ4v) is 3.41. The van der Waals surface area contributed by atoms with Crippen molar-refractivity contribution in [2.75, 3.05) is 24.9 Å². The summed E-state index contributed by atoms with van der Waals surface area (Å²) in [6.07, 6.45) is 7.07. The molecule has 0 radical (unpaired) electrons. The Hall–Kier alpha value is -4.04. The number of methoxy groups -OCH3 is 2. The van der Waals surface area contributed by atoms with Crippen molar-refractivity contribution in [1.82, 2.24) is 14.5 Å². The number of ether oxygens (including phenoxy) is 2. The van der Waals surface area contributed by atoms with Gasteiger partial charge in [0.05, 0.1) is 24.9 Å². The predicted molar refractivity (Wildman–Crippen MR) is 124 cm³/mol. The molecule has 0 aliphatic heterocycles. The van der Waals surface area contributed by atoms with Gasteiger partial charge in [-0.1, -0.05) is 11.6 Å². The fraction of sp³-hybridized carbons (Fsp3) is 0.0870. The number of benzene rings is 2. The third-order valence-electron chi connectivity index (χ3n) is 4.70. The first-order valence-electron chi connectivity index (χ1n) is 9.62. The molecule has 4 aromatic rings. The second-order valence-corrected chi connectivity index (χ2v) is 7.08. The van der Waals surface area contributed by atoms with Crippen molar-refractivity contribution >= 4 is 29.0 Å². The van der Waals surface area contributed by atoms with Crippen LogP contribution in [-0.4, -0.2) is 34.8 Å². The van der Waals surface area contributed by atoms with E-state index in [0.29, 0.717) is 27.9 Å². The number of hydrogen-bond acceptors (Lipinski definition) is 5. The van der Waals surface area contributed by atoms with Gasteiger partial charge in [0.25, 0.3) is 0 Å². The Kier molecular flexibility index (Phi) is 6.23. The lowest BCUT2D eigenvalue weighted by molar-refractivity contribution is 0.262. The van der Waals surface area contributed by atoms with Crippen LogP contribution in [0.25, 0.3) is 17.1 Å². The molecule has 2 N–H and O–H groups in total. The summed E-state index contributed by atoms with van der Waals surface area (Å²) >= 11 is 6.16. The molecule has 0 unspecified atom stereocenters. The van der Waals surface area contributed by atoms with Gasteiger partial charge in [-0.15, -0.1) is 0 Å². The minimum absolute atomic E-state index is 0.360. The van der Waals surface area contributed by atoms with Crippen molar-refractivity contribution in [3.8, 4) is 28.6 Å². The van der Waals surface area contributed by atoms with Gasteiger partial charge in [-0.05, 0) is 42.5 Å². The van der Waals surface area contributed by atoms with Crippen molar-refractivity contribution in [3.05, 3.63) is 78.3 Å². The first-order valence-corrected chi connectivity index (χ1v) is 10.0. The zero-order chi connectivity index (χ0) is 22.5. The summed E-state index contributed by atoms with van der Waals surface area (Å²) in [6, 6.07) is 14.0. The van der Waals surface area contributed by atoms with Crippen LogP contribution >= 0.6 is 11.6 Å². The molecule has 2 aromatic heterocycles. The Morgan fingerprint density at radius 3 is 2.34 bits per heavy atom. The summed E-state index contributed by atoms with van der Waals surface area (Å²) in [4.78, 5) is 21.0. The predicted octanol–water partition coefficient (Wildman–Crippen LogP) is 5.25. The molecule has 0 fully saturated rings. The van der Waals surface area contributed by atoms with Crippen LogP contribution in [-0.2, 0) is 0 Å². The standard InChI is InChI=1S/C23H20ClN5O3/c1-31-20-14-21(32-2)19(13-18(20)24)28-23(30)27-16-3-5-17(6-4-16)29-12-11-26-22(29)15-7-9-25-10-8-15/h3-14H,1-2H3,(H2,27,28,30). The molecular weight excluding hydrogens is 430 g/mol. The highest BCUT2D eigenvalue weighted by Crippen LogP contribution is 2.36. The normalized spacial score (nSPS) is 10.5. The Morgan fingerprint density at radius 2 is 1.66 bits per heavy atom. The van der Waals surface area contributed by atoms with Gasteiger partial charge in [-0.3, -0.25) is 9.55 Å². The minimum Gasteiger partial charge on any atom is -0.495 e. The molecule has 0 bridgehead atoms. The van der Waals surface area contributed by atoms with E-state index in [2.05, 4.69) is 20.6 Å². The Balaban J connectivity index is 1.48. The Bertz CT molecular complexity index is 1230. The third-order valence-corrected chi connectivity index (χ3v) is 5.00. The van der Waals surface area contributed by atoms with E-state index < -0.39 is 6.03 Å². The van der Waals surface area contributed by atoms with E-state index in [4.69, 9.17) is 21.1 Å². The van der Waals surface area contributed by atoms with Gasteiger partial charge in [0.15, 0.2) is 0 Å². The fourth-order valence-electron chi connectivity index (χ4n) is 3.17. The third kappa shape index (κ3) is 4.50. The first-order chi connectivity index (χ1) is 15.6. The van der Waals surface area contributed by atoms with Crippen LogP contribution in [0.4, 0.5) is 16.2 Å². The van der Waals surface area contributed by atoms with Crippen molar-refractivity contribution in [2.24, 2.45) is 0 Å². The highest BCUT2D eigenvalue weighted by atomic mass is 35.5. The molecule has 2 heterocycles. The number of halogens is 1. The van der Waals surface area contributed by atoms with Crippen LogP contribution in [0.15, 0.2) is 73.3 Å². The summed E-state index contributed by atoms with van der Waals surface area (Å²) in [5.74, 6) is 1.69. The van der Waals surface area contributed by atoms with Crippen LogP contribution in [0, 0.1) is 0 Å². The lowest BCUT2D eigenvalue weighted by Gasteiger charge is -2.14. The van der Waals surface area contributed by atoms with Gasteiger partial charge in [0.1, 0.15) is 17.3 Å². The number of nitrogens with one attached hydrogen (secondary N) is 2. The zero-order valence-corrected chi connectivity index (χ0v) is 18.1. The van der Waals surface area contributed by atoms with E-state index in [-0.39, 0.29) is 0 Å². The maximum atomic E-state index is 12.5. The van der Waals surface area contributed by atoms with Gasteiger partial charge in [-0.25, -0.2) is 9.78 Å². The maximum Gasteiger partial charge on any atom is 0.323 e. The van der Waals surface area contributed by atoms with E-state index in [1.807, 2.05) is 47.2 Å². The molecule has 0 aliphatic carbocycles. The average Bonchev–Trinajstić information content (AvgIpc) is 3.30. The number of carbonyl (C=O) groups is 1. The largest absolute Gasteiger partial charge is 0.495 e. The molecule has 162 valence electrons. The van der Waals surface area contributed by atoms with E-state index in [1.54, 1.807) is 30.7 Å². The molecule has 9 heteroatoms. The van der Waals surface area contributed by atoms with E-state index in [1.165, 1.54) is 14.2 Å². The molecule has 2 amide bonds. The van der Waals surface area contributed by atoms with Gasteiger partial charge in [0.2, 0.25) is 0 Å². The van der Waals surface area contributed by atoms with Crippen LogP contribution < -0.4 is 20.1 Å². The molecular formula is C23H20ClN5O3. The number of rotatable bonds is 6. The molecule has 2 aromatic carbocycles. The topological polar surface area (TPSA) is 90.3 Å². The minimum atomic E-state index is -0.433. The lowest BCUT2D eigenvalue weighted by Crippen LogP contribution is -2.19. The number of aromatic nitrogens is 3. The highest BCUT2D eigenvalue weighted by molar-refractivity contribution is 6.32. The number of carbonyl (C=O) groups excluding carboxylic acids is 1. The number of urea groups is 1. The van der Waals surface area contributed by atoms with Crippen LogP contribution in [0.1, 0.15) is 0 Å². The summed E-state index contributed by atoms with van der Waals surface area (Å²) in [5.41, 5.74) is 2.91. The lowest BCUT2D eigenvalue weighted by atomic mass is 10.2. The second-order valence-electron chi connectivity index (χ2n) is 6.67. The average molecular weight is 450 g/mol. The molecule has 0 spiro atoms. The van der Waals surface area contributed by atoms with Crippen LogP contribution in [0.5, 0.6) is 11.5 Å². The second kappa shape index (κ2) is 9.40. The number of anilines is 2. The van der Waals surface area contributed by atoms with E-state index in [9.17, 15) is 4.79 Å². The van der Waals surface area contributed by atoms with Gasteiger partial charge in [-0.2, -0.15) is 0 Å². The van der Waals surface area contributed by atoms with Gasteiger partial charge >= 0.3 is 6.03 Å². The van der Waals surface area contributed by atoms with Crippen molar-refractivity contribution in [3.63, 3.8) is 0 Å². The molecule has 8 nitrogen and oxygen atoms in total. The zero-order valence-electron chi connectivity index (χ0n) is 17.4. The smallest absolute Gasteiger partial charge is 0.323 e. The Morgan fingerprint density at radius 1 is 0.938 bits per heavy atom. The number of nitrogens with zero attached hydrogens (tertiary/aromatic N) is 3. The van der Waals surface area contributed by atoms with Crippen molar-refractivity contribution in [1.29, 1.82) is 0 Å². The SMILES string of the molecule is COc1cc(OC)c(NC(=O)Nc2ccc(-n3ccnc3-c3ccncc3)cc2)cc1Cl. The molecule has 32 heavy (non-hydrogen) atoms. The first kappa shape index (κ1) is 21.2. The van der Waals surface area contributed by atoms with Gasteiger partial charge < -0.3 is 20.1 Å². The number of imidazole rings is 1. The molecule has 0 saturated carbocycles. The number of pyridine rings is 1. The summed E-state index contributed by atoms with van der Waals surface area (Å²) in [5, 5.41) is 5.89. The molecule has 0 atom stereocenters. The van der Waals surface area contributed by atoms with Crippen molar-refractivity contribution < 1.29 is 14.3 Å².